The van der Waals surface area contributed by atoms with E-state index in [0.717, 1.165) is 57.1 Å². The van der Waals surface area contributed by atoms with Crippen LogP contribution in [0.5, 0.6) is 0 Å². The van der Waals surface area contributed by atoms with Gasteiger partial charge < -0.3 is 10.2 Å². The molecule has 0 aliphatic carbocycles. The van der Waals surface area contributed by atoms with Crippen LogP contribution in [0.2, 0.25) is 0 Å². The molecule has 0 aromatic carbocycles. The summed E-state index contributed by atoms with van der Waals surface area (Å²) < 4.78 is 2.10. The van der Waals surface area contributed by atoms with Crippen molar-refractivity contribution in [1.82, 2.24) is 20.0 Å². The number of piperidine rings is 1. The van der Waals surface area contributed by atoms with Gasteiger partial charge in [0, 0.05) is 31.7 Å². The Morgan fingerprint density at radius 1 is 1.29 bits per heavy atom. The van der Waals surface area contributed by atoms with Gasteiger partial charge in [-0.25, -0.2) is 0 Å². The molecule has 0 bridgehead atoms. The first-order valence-corrected chi connectivity index (χ1v) is 9.37. The molecule has 1 aliphatic heterocycles. The second kappa shape index (κ2) is 8.65. The van der Waals surface area contributed by atoms with Crippen LogP contribution >= 0.6 is 0 Å². The quantitative estimate of drug-likeness (QED) is 0.834. The molecule has 24 heavy (non-hydrogen) atoms. The van der Waals surface area contributed by atoms with Gasteiger partial charge in [-0.1, -0.05) is 13.8 Å². The molecule has 2 rings (SSSR count). The smallest absolute Gasteiger partial charge is 0.222 e. The van der Waals surface area contributed by atoms with E-state index >= 15 is 0 Å². The van der Waals surface area contributed by atoms with E-state index in [1.165, 1.54) is 11.3 Å². The largest absolute Gasteiger partial charge is 0.343 e. The van der Waals surface area contributed by atoms with Crippen LogP contribution in [0.4, 0.5) is 0 Å². The van der Waals surface area contributed by atoms with Crippen molar-refractivity contribution in [2.24, 2.45) is 11.8 Å². The normalized spacial score (nSPS) is 16.2. The van der Waals surface area contributed by atoms with Crippen molar-refractivity contribution >= 4 is 5.91 Å². The molecule has 1 saturated heterocycles. The molecule has 1 fully saturated rings. The van der Waals surface area contributed by atoms with Crippen LogP contribution in [-0.4, -0.2) is 47.3 Å². The van der Waals surface area contributed by atoms with E-state index in [0.29, 0.717) is 18.2 Å². The summed E-state index contributed by atoms with van der Waals surface area (Å²) in [4.78, 5) is 14.6. The van der Waals surface area contributed by atoms with E-state index < -0.39 is 0 Å². The van der Waals surface area contributed by atoms with Gasteiger partial charge in [0.2, 0.25) is 5.91 Å². The maximum atomic E-state index is 12.5. The lowest BCUT2D eigenvalue weighted by Crippen LogP contribution is -2.40. The van der Waals surface area contributed by atoms with Crippen molar-refractivity contribution in [2.45, 2.75) is 59.9 Å². The monoisotopic (exact) mass is 334 g/mol. The van der Waals surface area contributed by atoms with E-state index in [1.54, 1.807) is 0 Å². The molecule has 5 heteroatoms. The maximum absolute atomic E-state index is 12.5. The summed E-state index contributed by atoms with van der Waals surface area (Å²) in [5, 5.41) is 7.90. The highest BCUT2D eigenvalue weighted by atomic mass is 16.2. The standard InChI is InChI=1S/C19H34N4O/c1-14(2)13-23-16(4)18(15(3)21-23)6-7-19(24)22-10-8-17(9-11-22)12-20-5/h14,17,20H,6-13H2,1-5H3. The average molecular weight is 335 g/mol. The second-order valence-corrected chi connectivity index (χ2v) is 7.61. The third-order valence-corrected chi connectivity index (χ3v) is 5.12. The highest BCUT2D eigenvalue weighted by Gasteiger charge is 2.23. The Balaban J connectivity index is 1.87. The van der Waals surface area contributed by atoms with Crippen LogP contribution in [0.25, 0.3) is 0 Å². The number of nitrogens with one attached hydrogen (secondary N) is 1. The fourth-order valence-electron chi connectivity index (χ4n) is 3.68. The predicted molar refractivity (Wildman–Crippen MR) is 98.1 cm³/mol. The first-order chi connectivity index (χ1) is 11.4. The Labute approximate surface area is 146 Å². The Hall–Kier alpha value is -1.36. The minimum Gasteiger partial charge on any atom is -0.343 e. The van der Waals surface area contributed by atoms with Crippen LogP contribution in [0.3, 0.4) is 0 Å². The van der Waals surface area contributed by atoms with Gasteiger partial charge in [0.15, 0.2) is 0 Å². The number of hydrogen-bond donors (Lipinski definition) is 1. The van der Waals surface area contributed by atoms with Crippen molar-refractivity contribution in [1.29, 1.82) is 0 Å². The molecular weight excluding hydrogens is 300 g/mol. The molecule has 0 saturated carbocycles. The SMILES string of the molecule is CNCC1CCN(C(=O)CCc2c(C)nn(CC(C)C)c2C)CC1. The van der Waals surface area contributed by atoms with Gasteiger partial charge in [0.1, 0.15) is 0 Å². The highest BCUT2D eigenvalue weighted by molar-refractivity contribution is 5.76. The lowest BCUT2D eigenvalue weighted by Gasteiger charge is -2.32. The van der Waals surface area contributed by atoms with Crippen LogP contribution in [-0.2, 0) is 17.8 Å². The average Bonchev–Trinajstić information content (AvgIpc) is 2.79. The molecule has 1 amide bonds. The molecule has 1 aliphatic rings. The lowest BCUT2D eigenvalue weighted by atomic mass is 9.96. The molecule has 0 unspecified atom stereocenters. The van der Waals surface area contributed by atoms with Gasteiger partial charge in [-0.15, -0.1) is 0 Å². The number of aromatic nitrogens is 2. The molecule has 0 atom stereocenters. The summed E-state index contributed by atoms with van der Waals surface area (Å²) in [6, 6.07) is 0. The van der Waals surface area contributed by atoms with Gasteiger partial charge in [-0.2, -0.15) is 5.10 Å². The van der Waals surface area contributed by atoms with E-state index in [1.807, 2.05) is 7.05 Å². The molecule has 5 nitrogen and oxygen atoms in total. The number of hydrogen-bond acceptors (Lipinski definition) is 3. The fraction of sp³-hybridized carbons (Fsp3) is 0.789. The van der Waals surface area contributed by atoms with Crippen LogP contribution < -0.4 is 5.32 Å². The van der Waals surface area contributed by atoms with E-state index in [-0.39, 0.29) is 0 Å². The number of amides is 1. The van der Waals surface area contributed by atoms with Crippen molar-refractivity contribution in [3.05, 3.63) is 17.0 Å². The van der Waals surface area contributed by atoms with Crippen molar-refractivity contribution in [3.63, 3.8) is 0 Å². The number of nitrogens with zero attached hydrogens (tertiary/aromatic N) is 3. The van der Waals surface area contributed by atoms with Gasteiger partial charge in [0.25, 0.3) is 0 Å². The Kier molecular flexibility index (Phi) is 6.84. The van der Waals surface area contributed by atoms with Crippen LogP contribution in [0, 0.1) is 25.7 Å². The first kappa shape index (κ1) is 19.0. The fourth-order valence-corrected chi connectivity index (χ4v) is 3.68. The zero-order valence-corrected chi connectivity index (χ0v) is 16.1. The lowest BCUT2D eigenvalue weighted by molar-refractivity contribution is -0.132. The molecule has 2 heterocycles. The third-order valence-electron chi connectivity index (χ3n) is 5.12. The van der Waals surface area contributed by atoms with Gasteiger partial charge >= 0.3 is 0 Å². The van der Waals surface area contributed by atoms with E-state index in [2.05, 4.69) is 47.7 Å². The minimum atomic E-state index is 0.299. The zero-order valence-electron chi connectivity index (χ0n) is 16.1. The number of rotatable bonds is 7. The van der Waals surface area contributed by atoms with Crippen molar-refractivity contribution in [3.8, 4) is 0 Å². The molecular formula is C19H34N4O. The molecule has 1 aromatic rings. The van der Waals surface area contributed by atoms with Gasteiger partial charge in [0.05, 0.1) is 5.69 Å². The highest BCUT2D eigenvalue weighted by Crippen LogP contribution is 2.20. The predicted octanol–water partition coefficient (Wildman–Crippen LogP) is 2.55. The van der Waals surface area contributed by atoms with Crippen LogP contribution in [0.1, 0.15) is 50.1 Å². The summed E-state index contributed by atoms with van der Waals surface area (Å²) in [5.74, 6) is 1.60. The summed E-state index contributed by atoms with van der Waals surface area (Å²) in [5.41, 5.74) is 3.56. The summed E-state index contributed by atoms with van der Waals surface area (Å²) in [6.07, 6.45) is 3.66. The number of likely N-dealkylation sites (tertiary alicyclic amines) is 1. The molecule has 1 N–H and O–H groups in total. The molecule has 0 radical (unpaired) electrons. The van der Waals surface area contributed by atoms with E-state index in [9.17, 15) is 4.79 Å². The topological polar surface area (TPSA) is 50.2 Å². The number of carbonyl (C=O) groups is 1. The second-order valence-electron chi connectivity index (χ2n) is 7.61. The third kappa shape index (κ3) is 4.82. The Morgan fingerprint density at radius 2 is 1.96 bits per heavy atom. The number of carbonyl (C=O) groups excluding carboxylic acids is 1. The Bertz CT molecular complexity index is 542. The summed E-state index contributed by atoms with van der Waals surface area (Å²) >= 11 is 0. The first-order valence-electron chi connectivity index (χ1n) is 9.37. The van der Waals surface area contributed by atoms with Gasteiger partial charge in [-0.3, -0.25) is 9.48 Å². The van der Waals surface area contributed by atoms with E-state index in [4.69, 9.17) is 0 Å². The molecule has 136 valence electrons. The van der Waals surface area contributed by atoms with Crippen molar-refractivity contribution in [2.75, 3.05) is 26.7 Å². The van der Waals surface area contributed by atoms with Gasteiger partial charge in [-0.05, 0) is 64.1 Å². The minimum absolute atomic E-state index is 0.299. The van der Waals surface area contributed by atoms with Crippen molar-refractivity contribution < 1.29 is 4.79 Å². The Morgan fingerprint density at radius 3 is 2.54 bits per heavy atom. The molecule has 0 spiro atoms. The summed E-state index contributed by atoms with van der Waals surface area (Å²) in [6.45, 7) is 12.4. The zero-order chi connectivity index (χ0) is 17.7. The van der Waals surface area contributed by atoms with Crippen LogP contribution in [0.15, 0.2) is 0 Å². The summed E-state index contributed by atoms with van der Waals surface area (Å²) in [7, 11) is 2.00. The maximum Gasteiger partial charge on any atom is 0.222 e. The molecule has 1 aromatic heterocycles. The number of aryl methyl sites for hydroxylation is 1.